The van der Waals surface area contributed by atoms with Crippen LogP contribution in [0.4, 0.5) is 0 Å². The number of hydrogen-bond donors (Lipinski definition) is 1. The van der Waals surface area contributed by atoms with Gasteiger partial charge in [-0.2, -0.15) is 0 Å². The maximum Gasteiger partial charge on any atom is 0.220 e. The van der Waals surface area contributed by atoms with Crippen molar-refractivity contribution in [1.82, 2.24) is 10.3 Å². The zero-order chi connectivity index (χ0) is 17.5. The van der Waals surface area contributed by atoms with Crippen molar-refractivity contribution in [3.63, 3.8) is 0 Å². The molecule has 25 heavy (non-hydrogen) atoms. The summed E-state index contributed by atoms with van der Waals surface area (Å²) in [6.45, 7) is 0.680. The van der Waals surface area contributed by atoms with Crippen LogP contribution in [0.1, 0.15) is 43.2 Å². The van der Waals surface area contributed by atoms with Crippen LogP contribution in [0, 0.1) is 0 Å². The van der Waals surface area contributed by atoms with Crippen molar-refractivity contribution in [1.29, 1.82) is 0 Å². The fraction of sp³-hybridized carbons (Fsp3) is 0.429. The zero-order valence-electron chi connectivity index (χ0n) is 14.8. The molecule has 4 heteroatoms. The van der Waals surface area contributed by atoms with Crippen LogP contribution in [-0.2, 0) is 16.6 Å². The van der Waals surface area contributed by atoms with Crippen molar-refractivity contribution in [2.45, 2.75) is 43.9 Å². The Kier molecular flexibility index (Phi) is 5.69. The molecule has 1 N–H and O–H groups in total. The number of aryl methyl sites for hydroxylation is 1. The summed E-state index contributed by atoms with van der Waals surface area (Å²) in [5.41, 5.74) is 2.32. The number of benzene rings is 1. The molecule has 1 heterocycles. The van der Waals surface area contributed by atoms with Crippen LogP contribution < -0.4 is 10.1 Å². The van der Waals surface area contributed by atoms with Crippen molar-refractivity contribution in [3.05, 3.63) is 59.9 Å². The van der Waals surface area contributed by atoms with Gasteiger partial charge in [-0.15, -0.1) is 0 Å². The average Bonchev–Trinajstić information content (AvgIpc) is 3.15. The highest BCUT2D eigenvalue weighted by atomic mass is 16.5. The number of nitrogens with one attached hydrogen (secondary N) is 1. The van der Waals surface area contributed by atoms with Crippen LogP contribution in [0.5, 0.6) is 5.75 Å². The van der Waals surface area contributed by atoms with Crippen molar-refractivity contribution in [2.75, 3.05) is 13.7 Å². The lowest BCUT2D eigenvalue weighted by Gasteiger charge is -2.31. The number of para-hydroxylation sites is 1. The molecule has 0 spiro atoms. The lowest BCUT2D eigenvalue weighted by Crippen LogP contribution is -2.39. The quantitative estimate of drug-likeness (QED) is 0.838. The molecule has 0 saturated heterocycles. The summed E-state index contributed by atoms with van der Waals surface area (Å²) in [6.07, 6.45) is 9.37. The number of nitrogens with zero attached hydrogens (tertiary/aromatic N) is 1. The molecule has 1 saturated carbocycles. The fourth-order valence-electron chi connectivity index (χ4n) is 3.84. The van der Waals surface area contributed by atoms with Crippen molar-refractivity contribution < 1.29 is 9.53 Å². The highest BCUT2D eigenvalue weighted by Gasteiger charge is 2.37. The molecule has 1 fully saturated rings. The molecule has 0 radical (unpaired) electrons. The molecule has 0 aliphatic heterocycles. The van der Waals surface area contributed by atoms with Gasteiger partial charge in [0.1, 0.15) is 5.75 Å². The molecule has 0 atom stereocenters. The summed E-state index contributed by atoms with van der Waals surface area (Å²) < 4.78 is 5.58. The van der Waals surface area contributed by atoms with E-state index in [1.807, 2.05) is 30.5 Å². The Morgan fingerprint density at radius 2 is 2.00 bits per heavy atom. The maximum atomic E-state index is 12.3. The van der Waals surface area contributed by atoms with Gasteiger partial charge in [0.15, 0.2) is 0 Å². The van der Waals surface area contributed by atoms with E-state index >= 15 is 0 Å². The first-order chi connectivity index (χ1) is 12.2. The smallest absolute Gasteiger partial charge is 0.220 e. The van der Waals surface area contributed by atoms with E-state index in [1.54, 1.807) is 13.3 Å². The summed E-state index contributed by atoms with van der Waals surface area (Å²) in [4.78, 5) is 16.4. The summed E-state index contributed by atoms with van der Waals surface area (Å²) in [6, 6.07) is 12.1. The van der Waals surface area contributed by atoms with Gasteiger partial charge < -0.3 is 10.1 Å². The Morgan fingerprint density at radius 1 is 1.20 bits per heavy atom. The first kappa shape index (κ1) is 17.5. The third kappa shape index (κ3) is 4.19. The van der Waals surface area contributed by atoms with E-state index in [4.69, 9.17) is 4.74 Å². The van der Waals surface area contributed by atoms with Crippen molar-refractivity contribution in [3.8, 4) is 5.75 Å². The van der Waals surface area contributed by atoms with Gasteiger partial charge in [-0.3, -0.25) is 9.78 Å². The molecule has 1 amide bonds. The second-order valence-corrected chi connectivity index (χ2v) is 6.83. The third-order valence-corrected chi connectivity index (χ3v) is 5.23. The number of aromatic nitrogens is 1. The van der Waals surface area contributed by atoms with E-state index in [0.717, 1.165) is 30.6 Å². The summed E-state index contributed by atoms with van der Waals surface area (Å²) in [7, 11) is 1.72. The second kappa shape index (κ2) is 8.15. The number of amides is 1. The predicted molar refractivity (Wildman–Crippen MR) is 98.7 cm³/mol. The van der Waals surface area contributed by atoms with Crippen LogP contribution in [0.25, 0.3) is 0 Å². The Morgan fingerprint density at radius 3 is 2.72 bits per heavy atom. The first-order valence-electron chi connectivity index (χ1n) is 9.03. The Balaban J connectivity index is 1.63. The third-order valence-electron chi connectivity index (χ3n) is 5.23. The van der Waals surface area contributed by atoms with Crippen LogP contribution >= 0.6 is 0 Å². The standard InChI is InChI=1S/C21H26N2O2/c1-25-19-9-3-2-8-18(19)21(12-4-5-13-21)16-23-20(24)11-10-17-7-6-14-22-15-17/h2-3,6-9,14-15H,4-5,10-13,16H2,1H3,(H,23,24). The number of pyridine rings is 1. The number of hydrogen-bond acceptors (Lipinski definition) is 3. The molecule has 2 aromatic rings. The topological polar surface area (TPSA) is 51.2 Å². The Hall–Kier alpha value is -2.36. The molecule has 132 valence electrons. The number of carbonyl (C=O) groups excluding carboxylic acids is 1. The van der Waals surface area contributed by atoms with E-state index in [0.29, 0.717) is 13.0 Å². The van der Waals surface area contributed by atoms with Crippen LogP contribution in [0.2, 0.25) is 0 Å². The van der Waals surface area contributed by atoms with E-state index < -0.39 is 0 Å². The normalized spacial score (nSPS) is 15.7. The van der Waals surface area contributed by atoms with Gasteiger partial charge in [0.05, 0.1) is 7.11 Å². The first-order valence-corrected chi connectivity index (χ1v) is 9.03. The van der Waals surface area contributed by atoms with Crippen molar-refractivity contribution >= 4 is 5.91 Å². The number of ether oxygens (including phenoxy) is 1. The molecule has 1 aliphatic carbocycles. The molecular formula is C21H26N2O2. The molecule has 3 rings (SSSR count). The minimum absolute atomic E-state index is 0.00341. The monoisotopic (exact) mass is 338 g/mol. The SMILES string of the molecule is COc1ccccc1C1(CNC(=O)CCc2cccnc2)CCCC1. The van der Waals surface area contributed by atoms with Gasteiger partial charge in [-0.25, -0.2) is 0 Å². The Labute approximate surface area is 149 Å². The van der Waals surface area contributed by atoms with Crippen molar-refractivity contribution in [2.24, 2.45) is 0 Å². The van der Waals surface area contributed by atoms with Gasteiger partial charge >= 0.3 is 0 Å². The van der Waals surface area contributed by atoms with Gasteiger partial charge in [0.2, 0.25) is 5.91 Å². The number of rotatable bonds is 7. The molecule has 1 aromatic heterocycles. The fourth-order valence-corrected chi connectivity index (χ4v) is 3.84. The average molecular weight is 338 g/mol. The Bertz CT molecular complexity index is 694. The lowest BCUT2D eigenvalue weighted by molar-refractivity contribution is -0.121. The largest absolute Gasteiger partial charge is 0.496 e. The molecule has 0 unspecified atom stereocenters. The zero-order valence-corrected chi connectivity index (χ0v) is 14.8. The highest BCUT2D eigenvalue weighted by molar-refractivity contribution is 5.76. The minimum atomic E-state index is -0.00341. The van der Waals surface area contributed by atoms with Gasteiger partial charge in [0, 0.05) is 36.3 Å². The number of carbonyl (C=O) groups is 1. The van der Waals surface area contributed by atoms with Gasteiger partial charge in [-0.05, 0) is 37.0 Å². The van der Waals surface area contributed by atoms with Crippen LogP contribution in [0.15, 0.2) is 48.8 Å². The lowest BCUT2D eigenvalue weighted by atomic mass is 9.78. The highest BCUT2D eigenvalue weighted by Crippen LogP contribution is 2.44. The summed E-state index contributed by atoms with van der Waals surface area (Å²) in [5, 5.41) is 3.17. The molecule has 1 aromatic carbocycles. The van der Waals surface area contributed by atoms with Crippen LogP contribution in [0.3, 0.4) is 0 Å². The van der Waals surface area contributed by atoms with Crippen LogP contribution in [-0.4, -0.2) is 24.5 Å². The predicted octanol–water partition coefficient (Wildman–Crippen LogP) is 3.65. The van der Waals surface area contributed by atoms with E-state index in [2.05, 4.69) is 22.4 Å². The van der Waals surface area contributed by atoms with Gasteiger partial charge in [0.25, 0.3) is 0 Å². The van der Waals surface area contributed by atoms with E-state index in [-0.39, 0.29) is 11.3 Å². The van der Waals surface area contributed by atoms with Gasteiger partial charge in [-0.1, -0.05) is 37.1 Å². The molecule has 1 aliphatic rings. The number of methoxy groups -OCH3 is 1. The molecule has 4 nitrogen and oxygen atoms in total. The summed E-state index contributed by atoms with van der Waals surface area (Å²) >= 11 is 0. The molecule has 0 bridgehead atoms. The van der Waals surface area contributed by atoms with E-state index in [1.165, 1.54) is 18.4 Å². The second-order valence-electron chi connectivity index (χ2n) is 6.83. The minimum Gasteiger partial charge on any atom is -0.496 e. The molecular weight excluding hydrogens is 312 g/mol. The maximum absolute atomic E-state index is 12.3. The summed E-state index contributed by atoms with van der Waals surface area (Å²) in [5.74, 6) is 1.03. The van der Waals surface area contributed by atoms with E-state index in [9.17, 15) is 4.79 Å².